The molecule has 3 N–H and O–H groups in total. The van der Waals surface area contributed by atoms with Crippen LogP contribution < -0.4 is 10.6 Å². The van der Waals surface area contributed by atoms with Crippen LogP contribution in [0.15, 0.2) is 78.9 Å². The lowest BCUT2D eigenvalue weighted by Crippen LogP contribution is -2.47. The van der Waals surface area contributed by atoms with E-state index in [1.165, 1.54) is 0 Å². The van der Waals surface area contributed by atoms with Crippen molar-refractivity contribution >= 4 is 11.7 Å². The minimum Gasteiger partial charge on any atom is -0.392 e. The number of morpholine rings is 1. The number of urea groups is 1. The first kappa shape index (κ1) is 27.3. The molecule has 0 aromatic heterocycles. The van der Waals surface area contributed by atoms with Crippen LogP contribution in [0.2, 0.25) is 0 Å². The Kier molecular flexibility index (Phi) is 9.23. The maximum Gasteiger partial charge on any atom is 0.319 e. The summed E-state index contributed by atoms with van der Waals surface area (Å²) in [6.07, 6.45) is -0.745. The largest absolute Gasteiger partial charge is 0.392 e. The molecule has 2 saturated heterocycles. The Morgan fingerprint density at radius 3 is 2.28 bits per heavy atom. The zero-order valence-electron chi connectivity index (χ0n) is 22.3. The van der Waals surface area contributed by atoms with Gasteiger partial charge in [0.05, 0.1) is 32.0 Å². The third-order valence-electron chi connectivity index (χ3n) is 7.40. The first-order valence-electron chi connectivity index (χ1n) is 13.6. The number of hydrogen-bond donors (Lipinski definition) is 3. The molecule has 0 spiro atoms. The van der Waals surface area contributed by atoms with Crippen molar-refractivity contribution < 1.29 is 24.1 Å². The van der Waals surface area contributed by atoms with E-state index in [-0.39, 0.29) is 30.8 Å². The summed E-state index contributed by atoms with van der Waals surface area (Å²) in [6, 6.07) is 25.1. The van der Waals surface area contributed by atoms with Gasteiger partial charge in [-0.1, -0.05) is 73.7 Å². The first-order chi connectivity index (χ1) is 19.1. The highest BCUT2D eigenvalue weighted by Crippen LogP contribution is 2.42. The van der Waals surface area contributed by atoms with E-state index in [0.717, 1.165) is 55.1 Å². The molecule has 2 aliphatic heterocycles. The highest BCUT2D eigenvalue weighted by molar-refractivity contribution is 5.89. The number of ether oxygens (including phenoxy) is 3. The molecular weight excluding hydrogens is 494 g/mol. The van der Waals surface area contributed by atoms with Gasteiger partial charge in [-0.3, -0.25) is 4.90 Å². The van der Waals surface area contributed by atoms with E-state index in [2.05, 4.69) is 22.5 Å². The fourth-order valence-corrected chi connectivity index (χ4v) is 5.04. The lowest BCUT2D eigenvalue weighted by Gasteiger charge is -2.43. The number of aliphatic hydroxyl groups excluding tert-OH is 1. The molecule has 2 amide bonds. The summed E-state index contributed by atoms with van der Waals surface area (Å²) >= 11 is 0. The van der Waals surface area contributed by atoms with Crippen molar-refractivity contribution in [2.45, 2.75) is 38.6 Å². The molecule has 4 atom stereocenters. The smallest absolute Gasteiger partial charge is 0.319 e. The molecule has 0 saturated carbocycles. The van der Waals surface area contributed by atoms with Gasteiger partial charge in [0.2, 0.25) is 0 Å². The SMILES string of the molecule is C[C@@H]1[C@H](CN2CCOCC2)O[C@H](c2ccc(NC(=O)NCc3ccccc3)cc2)O[C@@H]1c1ccc(CO)cc1. The van der Waals surface area contributed by atoms with Crippen LogP contribution in [0.1, 0.15) is 41.6 Å². The fourth-order valence-electron chi connectivity index (χ4n) is 5.04. The number of nitrogens with one attached hydrogen (secondary N) is 2. The third kappa shape index (κ3) is 7.23. The van der Waals surface area contributed by atoms with Crippen LogP contribution in [0.5, 0.6) is 0 Å². The number of aliphatic hydroxyl groups is 1. The van der Waals surface area contributed by atoms with Gasteiger partial charge in [-0.25, -0.2) is 4.79 Å². The molecule has 0 aliphatic carbocycles. The van der Waals surface area contributed by atoms with E-state index in [0.29, 0.717) is 12.2 Å². The summed E-state index contributed by atoms with van der Waals surface area (Å²) in [5.74, 6) is 0.123. The normalized spacial score (nSPS) is 23.7. The second kappa shape index (κ2) is 13.2. The van der Waals surface area contributed by atoms with Gasteiger partial charge in [-0.2, -0.15) is 0 Å². The molecule has 0 unspecified atom stereocenters. The maximum absolute atomic E-state index is 12.4. The van der Waals surface area contributed by atoms with Gasteiger partial charge in [0.15, 0.2) is 6.29 Å². The van der Waals surface area contributed by atoms with Crippen molar-refractivity contribution in [3.63, 3.8) is 0 Å². The number of anilines is 1. The Balaban J connectivity index is 1.27. The van der Waals surface area contributed by atoms with Crippen LogP contribution in [0, 0.1) is 5.92 Å². The summed E-state index contributed by atoms with van der Waals surface area (Å²) in [7, 11) is 0. The minimum atomic E-state index is -0.546. The Morgan fingerprint density at radius 2 is 1.59 bits per heavy atom. The average molecular weight is 532 g/mol. The van der Waals surface area contributed by atoms with Gasteiger partial charge in [-0.15, -0.1) is 0 Å². The summed E-state index contributed by atoms with van der Waals surface area (Å²) in [4.78, 5) is 14.8. The van der Waals surface area contributed by atoms with Crippen LogP contribution in [0.4, 0.5) is 10.5 Å². The molecule has 3 aromatic rings. The van der Waals surface area contributed by atoms with Crippen LogP contribution in [-0.2, 0) is 27.4 Å². The number of benzene rings is 3. The predicted molar refractivity (Wildman–Crippen MR) is 149 cm³/mol. The molecule has 2 heterocycles. The minimum absolute atomic E-state index is 0.0113. The standard InChI is InChI=1S/C31H37N3O5/c1-22-28(20-34-15-17-37-18-16-34)38-30(39-29(22)25-9-7-24(21-35)8-10-25)26-11-13-27(14-12-26)33-31(36)32-19-23-5-3-2-4-6-23/h2-14,22,28-30,35H,15-21H2,1H3,(H2,32,33,36)/t22-,28+,29+,30+/m1/s1. The van der Waals surface area contributed by atoms with E-state index < -0.39 is 6.29 Å². The maximum atomic E-state index is 12.4. The molecule has 39 heavy (non-hydrogen) atoms. The topological polar surface area (TPSA) is 92.3 Å². The zero-order chi connectivity index (χ0) is 27.0. The number of carbonyl (C=O) groups excluding carboxylic acids is 1. The molecule has 5 rings (SSSR count). The summed E-state index contributed by atoms with van der Waals surface area (Å²) < 4.78 is 18.6. The highest BCUT2D eigenvalue weighted by Gasteiger charge is 2.39. The van der Waals surface area contributed by atoms with E-state index in [4.69, 9.17) is 14.2 Å². The van der Waals surface area contributed by atoms with Crippen LogP contribution >= 0.6 is 0 Å². The van der Waals surface area contributed by atoms with Crippen molar-refractivity contribution in [1.82, 2.24) is 10.2 Å². The van der Waals surface area contributed by atoms with Gasteiger partial charge >= 0.3 is 6.03 Å². The van der Waals surface area contributed by atoms with Crippen LogP contribution in [-0.4, -0.2) is 55.0 Å². The summed E-state index contributed by atoms with van der Waals surface area (Å²) in [5.41, 5.74) is 4.55. The summed E-state index contributed by atoms with van der Waals surface area (Å²) in [5, 5.41) is 15.2. The van der Waals surface area contributed by atoms with Crippen molar-refractivity contribution in [1.29, 1.82) is 0 Å². The van der Waals surface area contributed by atoms with Crippen LogP contribution in [0.25, 0.3) is 0 Å². The molecule has 206 valence electrons. The molecule has 2 fully saturated rings. The molecule has 2 aliphatic rings. The molecular formula is C31H37N3O5. The molecule has 8 heteroatoms. The van der Waals surface area contributed by atoms with E-state index in [1.54, 1.807) is 0 Å². The van der Waals surface area contributed by atoms with Crippen molar-refractivity contribution in [3.8, 4) is 0 Å². The van der Waals surface area contributed by atoms with Gasteiger partial charge < -0.3 is 30.0 Å². The van der Waals surface area contributed by atoms with Gasteiger partial charge in [-0.05, 0) is 28.8 Å². The lowest BCUT2D eigenvalue weighted by molar-refractivity contribution is -0.277. The van der Waals surface area contributed by atoms with Crippen LogP contribution in [0.3, 0.4) is 0 Å². The average Bonchev–Trinajstić information content (AvgIpc) is 2.99. The van der Waals surface area contributed by atoms with E-state index >= 15 is 0 Å². The molecule has 0 radical (unpaired) electrons. The van der Waals surface area contributed by atoms with E-state index in [1.807, 2.05) is 78.9 Å². The first-order valence-corrected chi connectivity index (χ1v) is 13.6. The van der Waals surface area contributed by atoms with Gasteiger partial charge in [0, 0.05) is 43.3 Å². The Hall–Kier alpha value is -3.27. The van der Waals surface area contributed by atoms with Crippen molar-refractivity contribution in [3.05, 3.63) is 101 Å². The molecule has 0 bridgehead atoms. The monoisotopic (exact) mass is 531 g/mol. The van der Waals surface area contributed by atoms with Gasteiger partial charge in [0.1, 0.15) is 0 Å². The van der Waals surface area contributed by atoms with Crippen molar-refractivity contribution in [2.75, 3.05) is 38.2 Å². The number of nitrogens with zero attached hydrogens (tertiary/aromatic N) is 1. The third-order valence-corrected chi connectivity index (χ3v) is 7.40. The Morgan fingerprint density at radius 1 is 0.897 bits per heavy atom. The second-order valence-electron chi connectivity index (χ2n) is 10.2. The van der Waals surface area contributed by atoms with Crippen molar-refractivity contribution in [2.24, 2.45) is 5.92 Å². The fraction of sp³-hybridized carbons (Fsp3) is 0.387. The lowest BCUT2D eigenvalue weighted by atomic mass is 9.90. The number of carbonyl (C=O) groups is 1. The van der Waals surface area contributed by atoms with E-state index in [9.17, 15) is 9.90 Å². The molecule has 3 aromatic carbocycles. The predicted octanol–water partition coefficient (Wildman–Crippen LogP) is 4.62. The number of amides is 2. The second-order valence-corrected chi connectivity index (χ2v) is 10.2. The number of hydrogen-bond acceptors (Lipinski definition) is 6. The Bertz CT molecular complexity index is 1180. The Labute approximate surface area is 229 Å². The van der Waals surface area contributed by atoms with Gasteiger partial charge in [0.25, 0.3) is 0 Å². The highest BCUT2D eigenvalue weighted by atomic mass is 16.7. The zero-order valence-corrected chi connectivity index (χ0v) is 22.3. The number of rotatable bonds is 8. The molecule has 8 nitrogen and oxygen atoms in total. The summed E-state index contributed by atoms with van der Waals surface area (Å²) in [6.45, 7) is 6.70. The quantitative estimate of drug-likeness (QED) is 0.393.